The molecule has 1 N–H and O–H groups in total. The van der Waals surface area contributed by atoms with Crippen molar-refractivity contribution >= 4 is 5.78 Å². The first kappa shape index (κ1) is 16.2. The summed E-state index contributed by atoms with van der Waals surface area (Å²) in [5, 5.41) is 10.2. The number of hydrogen-bond acceptors (Lipinski definition) is 3. The molecule has 0 aromatic heterocycles. The third-order valence-electron chi connectivity index (χ3n) is 6.31. The fraction of sp³-hybridized carbons (Fsp3) is 0.842. The molecule has 0 aromatic carbocycles. The van der Waals surface area contributed by atoms with Gasteiger partial charge >= 0.3 is 0 Å². The van der Waals surface area contributed by atoms with Crippen LogP contribution in [0.3, 0.4) is 0 Å². The average molecular weight is 306 g/mol. The van der Waals surface area contributed by atoms with Gasteiger partial charge in [-0.3, -0.25) is 4.79 Å². The Morgan fingerprint density at radius 1 is 1.27 bits per heavy atom. The average Bonchev–Trinajstić information content (AvgIpc) is 2.76. The fourth-order valence-electron chi connectivity index (χ4n) is 5.68. The Morgan fingerprint density at radius 3 is 2.64 bits per heavy atom. The number of ketones is 1. The van der Waals surface area contributed by atoms with Crippen LogP contribution in [0.25, 0.3) is 0 Å². The summed E-state index contributed by atoms with van der Waals surface area (Å²) in [7, 11) is 0. The van der Waals surface area contributed by atoms with Crippen molar-refractivity contribution in [3.63, 3.8) is 0 Å². The molecule has 3 nitrogen and oxygen atoms in total. The Labute approximate surface area is 134 Å². The van der Waals surface area contributed by atoms with E-state index in [0.29, 0.717) is 24.2 Å². The van der Waals surface area contributed by atoms with Crippen LogP contribution in [0.2, 0.25) is 0 Å². The van der Waals surface area contributed by atoms with Gasteiger partial charge in [0.25, 0.3) is 0 Å². The highest BCUT2D eigenvalue weighted by molar-refractivity contribution is 5.86. The molecule has 5 atom stereocenters. The van der Waals surface area contributed by atoms with Gasteiger partial charge in [-0.05, 0) is 37.0 Å². The van der Waals surface area contributed by atoms with Crippen molar-refractivity contribution in [3.05, 3.63) is 11.6 Å². The molecular weight excluding hydrogens is 276 g/mol. The predicted octanol–water partition coefficient (Wildman–Crippen LogP) is 3.71. The largest absolute Gasteiger partial charge is 0.367 e. The van der Waals surface area contributed by atoms with E-state index < -0.39 is 6.29 Å². The highest BCUT2D eigenvalue weighted by Gasteiger charge is 2.54. The Balaban J connectivity index is 1.96. The van der Waals surface area contributed by atoms with Crippen molar-refractivity contribution in [2.45, 2.75) is 66.1 Å². The Bertz CT molecular complexity index is 493. The Hall–Kier alpha value is -0.670. The molecule has 0 unspecified atom stereocenters. The zero-order chi connectivity index (χ0) is 16.1. The van der Waals surface area contributed by atoms with E-state index in [4.69, 9.17) is 4.74 Å². The summed E-state index contributed by atoms with van der Waals surface area (Å²) in [6.45, 7) is 9.47. The molecule has 124 valence electrons. The lowest BCUT2D eigenvalue weighted by atomic mass is 9.53. The van der Waals surface area contributed by atoms with E-state index in [2.05, 4.69) is 26.8 Å². The quantitative estimate of drug-likeness (QED) is 0.751. The van der Waals surface area contributed by atoms with Crippen molar-refractivity contribution in [1.82, 2.24) is 0 Å². The summed E-state index contributed by atoms with van der Waals surface area (Å²) in [5.41, 5.74) is 1.47. The monoisotopic (exact) mass is 306 g/mol. The SMILES string of the molecule is C/C=C1/[C@H]2[C@H](CO[C@@H]2O)CC(=O)[C@@H]1[C@@]1(C)CCCC(C)(C)C1. The number of carbonyl (C=O) groups is 1. The van der Waals surface area contributed by atoms with Crippen molar-refractivity contribution in [2.75, 3.05) is 6.61 Å². The number of allylic oxidation sites excluding steroid dienone is 1. The summed E-state index contributed by atoms with van der Waals surface area (Å²) in [4.78, 5) is 13.0. The zero-order valence-electron chi connectivity index (χ0n) is 14.4. The highest BCUT2D eigenvalue weighted by atomic mass is 16.6. The third kappa shape index (κ3) is 2.56. The van der Waals surface area contributed by atoms with Gasteiger partial charge in [0.1, 0.15) is 5.78 Å². The molecular formula is C19H30O3. The Morgan fingerprint density at radius 2 is 2.00 bits per heavy atom. The van der Waals surface area contributed by atoms with Gasteiger partial charge in [-0.2, -0.15) is 0 Å². The van der Waals surface area contributed by atoms with Crippen LogP contribution < -0.4 is 0 Å². The van der Waals surface area contributed by atoms with Gasteiger partial charge < -0.3 is 9.84 Å². The van der Waals surface area contributed by atoms with Gasteiger partial charge in [0.15, 0.2) is 6.29 Å². The number of fused-ring (bicyclic) bond motifs is 1. The number of ether oxygens (including phenoxy) is 1. The highest BCUT2D eigenvalue weighted by Crippen LogP contribution is 2.56. The molecule has 3 heteroatoms. The smallest absolute Gasteiger partial charge is 0.161 e. The molecule has 0 amide bonds. The van der Waals surface area contributed by atoms with Gasteiger partial charge in [0.05, 0.1) is 6.61 Å². The van der Waals surface area contributed by atoms with Gasteiger partial charge in [0, 0.05) is 24.2 Å². The maximum Gasteiger partial charge on any atom is 0.161 e. The number of hydrogen-bond donors (Lipinski definition) is 1. The molecule has 22 heavy (non-hydrogen) atoms. The van der Waals surface area contributed by atoms with Crippen LogP contribution in [-0.4, -0.2) is 23.8 Å². The van der Waals surface area contributed by atoms with E-state index >= 15 is 0 Å². The zero-order valence-corrected chi connectivity index (χ0v) is 14.4. The molecule has 2 saturated carbocycles. The summed E-state index contributed by atoms with van der Waals surface area (Å²) in [6.07, 6.45) is 6.56. The number of aliphatic hydroxyl groups is 1. The molecule has 1 heterocycles. The lowest BCUT2D eigenvalue weighted by Gasteiger charge is -2.50. The van der Waals surface area contributed by atoms with E-state index in [0.717, 1.165) is 18.4 Å². The number of rotatable bonds is 1. The van der Waals surface area contributed by atoms with Crippen molar-refractivity contribution in [3.8, 4) is 0 Å². The number of Topliss-reactive ketones (excluding diaryl/α,β-unsaturated/α-hetero) is 1. The van der Waals surface area contributed by atoms with Gasteiger partial charge in [-0.15, -0.1) is 0 Å². The predicted molar refractivity (Wildman–Crippen MR) is 86.2 cm³/mol. The molecule has 3 fully saturated rings. The van der Waals surface area contributed by atoms with Crippen molar-refractivity contribution in [1.29, 1.82) is 0 Å². The van der Waals surface area contributed by atoms with Crippen molar-refractivity contribution in [2.24, 2.45) is 28.6 Å². The van der Waals surface area contributed by atoms with E-state index in [-0.39, 0.29) is 23.2 Å². The molecule has 1 saturated heterocycles. The molecule has 0 spiro atoms. The van der Waals surface area contributed by atoms with Gasteiger partial charge in [-0.25, -0.2) is 0 Å². The summed E-state index contributed by atoms with van der Waals surface area (Å²) in [6, 6.07) is 0. The minimum Gasteiger partial charge on any atom is -0.367 e. The van der Waals surface area contributed by atoms with Crippen molar-refractivity contribution < 1.29 is 14.6 Å². The minimum absolute atomic E-state index is 0.0218. The standard InChI is InChI=1S/C19H30O3/c1-5-13-15-12(10-22-17(15)21)9-14(20)16(13)19(4)8-6-7-18(2,3)11-19/h5,12,15-17,21H,6-11H2,1-4H3/b13-5-/t12-,15+,16+,17-,19-/m0/s1. The van der Waals surface area contributed by atoms with Gasteiger partial charge in [-0.1, -0.05) is 38.8 Å². The summed E-state index contributed by atoms with van der Waals surface area (Å²) in [5.74, 6) is 0.529. The minimum atomic E-state index is -0.730. The van der Waals surface area contributed by atoms with Crippen LogP contribution in [-0.2, 0) is 9.53 Å². The van der Waals surface area contributed by atoms with Crippen LogP contribution >= 0.6 is 0 Å². The van der Waals surface area contributed by atoms with Crippen LogP contribution in [0.1, 0.15) is 59.8 Å². The molecule has 0 bridgehead atoms. The van der Waals surface area contributed by atoms with Crippen LogP contribution in [0.4, 0.5) is 0 Å². The summed E-state index contributed by atoms with van der Waals surface area (Å²) >= 11 is 0. The molecule has 0 aromatic rings. The van der Waals surface area contributed by atoms with Crippen LogP contribution in [0.15, 0.2) is 11.6 Å². The van der Waals surface area contributed by atoms with E-state index in [1.807, 2.05) is 6.92 Å². The first-order valence-corrected chi connectivity index (χ1v) is 8.76. The normalized spacial score (nSPS) is 46.8. The van der Waals surface area contributed by atoms with Crippen LogP contribution in [0, 0.1) is 28.6 Å². The molecule has 3 aliphatic rings. The maximum absolute atomic E-state index is 13.0. The molecule has 2 aliphatic carbocycles. The summed E-state index contributed by atoms with van der Waals surface area (Å²) < 4.78 is 5.45. The molecule has 0 radical (unpaired) electrons. The van der Waals surface area contributed by atoms with E-state index in [1.165, 1.54) is 12.8 Å². The van der Waals surface area contributed by atoms with E-state index in [9.17, 15) is 9.90 Å². The van der Waals surface area contributed by atoms with E-state index in [1.54, 1.807) is 0 Å². The first-order valence-electron chi connectivity index (χ1n) is 8.76. The molecule has 3 rings (SSSR count). The second-order valence-corrected chi connectivity index (χ2v) is 8.75. The number of aliphatic hydroxyl groups excluding tert-OH is 1. The topological polar surface area (TPSA) is 46.5 Å². The lowest BCUT2D eigenvalue weighted by Crippen LogP contribution is -2.47. The third-order valence-corrected chi connectivity index (χ3v) is 6.31. The van der Waals surface area contributed by atoms with Gasteiger partial charge in [0.2, 0.25) is 0 Å². The fourth-order valence-corrected chi connectivity index (χ4v) is 5.68. The lowest BCUT2D eigenvalue weighted by molar-refractivity contribution is -0.131. The first-order chi connectivity index (χ1) is 10.3. The Kier molecular flexibility index (Phi) is 4.01. The molecule has 1 aliphatic heterocycles. The number of carbonyl (C=O) groups excluding carboxylic acids is 1. The van der Waals surface area contributed by atoms with Crippen LogP contribution in [0.5, 0.6) is 0 Å². The second kappa shape index (κ2) is 5.45. The second-order valence-electron chi connectivity index (χ2n) is 8.75. The maximum atomic E-state index is 13.0.